The molecule has 74 valence electrons. The molecule has 13 heavy (non-hydrogen) atoms. The van der Waals surface area contributed by atoms with E-state index in [2.05, 4.69) is 23.7 Å². The molecule has 1 aliphatic carbocycles. The fourth-order valence-corrected chi connectivity index (χ4v) is 2.57. The van der Waals surface area contributed by atoms with Crippen LogP contribution in [-0.4, -0.2) is 29.9 Å². The maximum Gasteiger partial charge on any atom is 0.0961 e. The van der Waals surface area contributed by atoms with Crippen molar-refractivity contribution >= 4 is 5.84 Å². The second-order valence-electron chi connectivity index (χ2n) is 4.54. The summed E-state index contributed by atoms with van der Waals surface area (Å²) in [4.78, 5) is 6.97. The highest BCUT2D eigenvalue weighted by Crippen LogP contribution is 2.28. The van der Waals surface area contributed by atoms with Gasteiger partial charge in [0, 0.05) is 12.6 Å². The molecule has 2 aliphatic rings. The number of amidine groups is 1. The molecule has 1 aliphatic heterocycles. The summed E-state index contributed by atoms with van der Waals surface area (Å²) in [6, 6.07) is 0.808. The summed E-state index contributed by atoms with van der Waals surface area (Å²) in [5, 5.41) is 0. The molecule has 0 aromatic heterocycles. The molecule has 2 heteroatoms. The largest absolute Gasteiger partial charge is 0.356 e. The highest BCUT2D eigenvalue weighted by molar-refractivity contribution is 5.81. The van der Waals surface area contributed by atoms with E-state index < -0.39 is 0 Å². The molecule has 0 N–H and O–H groups in total. The van der Waals surface area contributed by atoms with Gasteiger partial charge >= 0.3 is 0 Å². The van der Waals surface area contributed by atoms with E-state index in [1.165, 1.54) is 38.1 Å². The van der Waals surface area contributed by atoms with Crippen LogP contribution in [0.4, 0.5) is 0 Å². The van der Waals surface area contributed by atoms with Crippen LogP contribution in [-0.2, 0) is 0 Å². The van der Waals surface area contributed by atoms with Gasteiger partial charge in [0.2, 0.25) is 0 Å². The summed E-state index contributed by atoms with van der Waals surface area (Å²) in [7, 11) is 0. The second-order valence-corrected chi connectivity index (χ2v) is 4.54. The summed E-state index contributed by atoms with van der Waals surface area (Å²) < 4.78 is 0. The third-order valence-electron chi connectivity index (χ3n) is 3.52. The summed E-state index contributed by atoms with van der Waals surface area (Å²) in [5.74, 6) is 2.23. The van der Waals surface area contributed by atoms with Crippen LogP contribution < -0.4 is 0 Å². The Morgan fingerprint density at radius 2 is 1.92 bits per heavy atom. The standard InChI is InChI=1S/C11H20N2/c1-9-3-5-11(6-4-9)13-8-7-12-10(13)2/h9,11H,3-8H2,1-2H3. The van der Waals surface area contributed by atoms with Crippen molar-refractivity contribution in [2.45, 2.75) is 45.6 Å². The molecule has 1 heterocycles. The first kappa shape index (κ1) is 9.04. The number of nitrogens with zero attached hydrogens (tertiary/aromatic N) is 2. The molecule has 1 fully saturated rings. The van der Waals surface area contributed by atoms with E-state index in [9.17, 15) is 0 Å². The Labute approximate surface area is 81.0 Å². The predicted molar refractivity (Wildman–Crippen MR) is 56.1 cm³/mol. The first-order valence-corrected chi connectivity index (χ1v) is 5.55. The van der Waals surface area contributed by atoms with Gasteiger partial charge in [-0.15, -0.1) is 0 Å². The van der Waals surface area contributed by atoms with Gasteiger partial charge in [-0.25, -0.2) is 0 Å². The van der Waals surface area contributed by atoms with E-state index in [0.717, 1.165) is 18.5 Å². The van der Waals surface area contributed by atoms with E-state index in [0.29, 0.717) is 0 Å². The van der Waals surface area contributed by atoms with Crippen molar-refractivity contribution in [2.24, 2.45) is 10.9 Å². The molecule has 2 rings (SSSR count). The van der Waals surface area contributed by atoms with Crippen LogP contribution in [0.3, 0.4) is 0 Å². The summed E-state index contributed by atoms with van der Waals surface area (Å²) in [6.45, 7) is 6.73. The average Bonchev–Trinajstić information content (AvgIpc) is 2.53. The first-order chi connectivity index (χ1) is 6.27. The highest BCUT2D eigenvalue weighted by atomic mass is 15.3. The number of hydrogen-bond acceptors (Lipinski definition) is 2. The molecule has 2 nitrogen and oxygen atoms in total. The van der Waals surface area contributed by atoms with Gasteiger partial charge < -0.3 is 4.90 Å². The Morgan fingerprint density at radius 3 is 2.46 bits per heavy atom. The third-order valence-corrected chi connectivity index (χ3v) is 3.52. The molecule has 0 spiro atoms. The Balaban J connectivity index is 1.91. The predicted octanol–water partition coefficient (Wildman–Crippen LogP) is 2.30. The smallest absolute Gasteiger partial charge is 0.0961 e. The van der Waals surface area contributed by atoms with Crippen molar-refractivity contribution in [3.05, 3.63) is 0 Å². The minimum Gasteiger partial charge on any atom is -0.356 e. The lowest BCUT2D eigenvalue weighted by Gasteiger charge is -2.34. The lowest BCUT2D eigenvalue weighted by Crippen LogP contribution is -2.39. The van der Waals surface area contributed by atoms with Crippen molar-refractivity contribution < 1.29 is 0 Å². The molecule has 0 radical (unpaired) electrons. The molecular weight excluding hydrogens is 160 g/mol. The molecule has 0 bridgehead atoms. The SMILES string of the molecule is CC1=NCCN1C1CCC(C)CC1. The Hall–Kier alpha value is -0.530. The van der Waals surface area contributed by atoms with Crippen molar-refractivity contribution in [1.29, 1.82) is 0 Å². The van der Waals surface area contributed by atoms with Crippen LogP contribution in [0.25, 0.3) is 0 Å². The first-order valence-electron chi connectivity index (χ1n) is 5.55. The zero-order chi connectivity index (χ0) is 9.26. The van der Waals surface area contributed by atoms with Gasteiger partial charge in [0.15, 0.2) is 0 Å². The minimum atomic E-state index is 0.808. The summed E-state index contributed by atoms with van der Waals surface area (Å²) in [6.07, 6.45) is 5.59. The van der Waals surface area contributed by atoms with Crippen LogP contribution in [0, 0.1) is 5.92 Å². The van der Waals surface area contributed by atoms with E-state index >= 15 is 0 Å². The fourth-order valence-electron chi connectivity index (χ4n) is 2.57. The summed E-state index contributed by atoms with van der Waals surface area (Å²) in [5.41, 5.74) is 0. The van der Waals surface area contributed by atoms with Crippen molar-refractivity contribution in [3.8, 4) is 0 Å². The molecule has 1 saturated carbocycles. The molecule has 0 unspecified atom stereocenters. The molecule has 0 aromatic rings. The van der Waals surface area contributed by atoms with Gasteiger partial charge in [0.05, 0.1) is 12.4 Å². The lowest BCUT2D eigenvalue weighted by atomic mass is 9.86. The maximum atomic E-state index is 4.45. The van der Waals surface area contributed by atoms with Crippen LogP contribution in [0.1, 0.15) is 39.5 Å². The maximum absolute atomic E-state index is 4.45. The van der Waals surface area contributed by atoms with Crippen LogP contribution >= 0.6 is 0 Å². The number of hydrogen-bond donors (Lipinski definition) is 0. The second kappa shape index (κ2) is 3.69. The molecule has 0 saturated heterocycles. The van der Waals surface area contributed by atoms with E-state index in [1.54, 1.807) is 0 Å². The fraction of sp³-hybridized carbons (Fsp3) is 0.909. The molecule has 0 atom stereocenters. The Kier molecular flexibility index (Phi) is 2.56. The van der Waals surface area contributed by atoms with E-state index in [1.807, 2.05) is 0 Å². The third kappa shape index (κ3) is 1.87. The Bertz CT molecular complexity index is 202. The van der Waals surface area contributed by atoms with Crippen molar-refractivity contribution in [1.82, 2.24) is 4.90 Å². The van der Waals surface area contributed by atoms with Crippen molar-refractivity contribution in [2.75, 3.05) is 13.1 Å². The highest BCUT2D eigenvalue weighted by Gasteiger charge is 2.26. The van der Waals surface area contributed by atoms with Gasteiger partial charge in [-0.1, -0.05) is 6.92 Å². The quantitative estimate of drug-likeness (QED) is 0.604. The van der Waals surface area contributed by atoms with Gasteiger partial charge in [-0.3, -0.25) is 4.99 Å². The van der Waals surface area contributed by atoms with Gasteiger partial charge in [0.1, 0.15) is 0 Å². The topological polar surface area (TPSA) is 15.6 Å². The molecule has 0 aromatic carbocycles. The zero-order valence-corrected chi connectivity index (χ0v) is 8.79. The monoisotopic (exact) mass is 180 g/mol. The lowest BCUT2D eigenvalue weighted by molar-refractivity contribution is 0.224. The van der Waals surface area contributed by atoms with Crippen molar-refractivity contribution in [3.63, 3.8) is 0 Å². The number of rotatable bonds is 1. The van der Waals surface area contributed by atoms with E-state index in [-0.39, 0.29) is 0 Å². The zero-order valence-electron chi connectivity index (χ0n) is 8.79. The van der Waals surface area contributed by atoms with E-state index in [4.69, 9.17) is 0 Å². The van der Waals surface area contributed by atoms with Gasteiger partial charge in [0.25, 0.3) is 0 Å². The van der Waals surface area contributed by atoms with Gasteiger partial charge in [-0.05, 0) is 38.5 Å². The molecular formula is C11H20N2. The molecule has 0 amide bonds. The van der Waals surface area contributed by atoms with Gasteiger partial charge in [-0.2, -0.15) is 0 Å². The number of aliphatic imine (C=N–C) groups is 1. The summed E-state index contributed by atoms with van der Waals surface area (Å²) >= 11 is 0. The van der Waals surface area contributed by atoms with Crippen LogP contribution in [0.15, 0.2) is 4.99 Å². The normalized spacial score (nSPS) is 34.9. The minimum absolute atomic E-state index is 0.808. The van der Waals surface area contributed by atoms with Crippen LogP contribution in [0.5, 0.6) is 0 Å². The Morgan fingerprint density at radius 1 is 1.23 bits per heavy atom. The average molecular weight is 180 g/mol. The van der Waals surface area contributed by atoms with Crippen LogP contribution in [0.2, 0.25) is 0 Å².